The van der Waals surface area contributed by atoms with Crippen molar-refractivity contribution in [2.45, 2.75) is 12.5 Å². The quantitative estimate of drug-likeness (QED) is 0.713. The van der Waals surface area contributed by atoms with E-state index >= 15 is 0 Å². The number of anilines is 1. The predicted molar refractivity (Wildman–Crippen MR) is 105 cm³/mol. The largest absolute Gasteiger partial charge is 0.497 e. The van der Waals surface area contributed by atoms with Gasteiger partial charge in [-0.1, -0.05) is 12.1 Å². The van der Waals surface area contributed by atoms with Crippen LogP contribution in [0.4, 0.5) is 10.2 Å². The van der Waals surface area contributed by atoms with Crippen LogP contribution in [0.3, 0.4) is 0 Å². The first-order valence-electron chi connectivity index (χ1n) is 9.14. The number of nitrogens with one attached hydrogen (secondary N) is 2. The molecule has 0 aliphatic carbocycles. The molecule has 2 aromatic carbocycles. The first-order valence-corrected chi connectivity index (χ1v) is 9.14. The molecule has 2 N–H and O–H groups in total. The number of ether oxygens (including phenoxy) is 1. The van der Waals surface area contributed by atoms with Crippen LogP contribution in [-0.2, 0) is 0 Å². The Kier molecular flexibility index (Phi) is 4.97. The van der Waals surface area contributed by atoms with Gasteiger partial charge in [-0.05, 0) is 48.4 Å². The van der Waals surface area contributed by atoms with E-state index in [1.54, 1.807) is 19.2 Å². The number of halogens is 1. The highest BCUT2D eigenvalue weighted by Crippen LogP contribution is 2.26. The molecule has 7 heteroatoms. The van der Waals surface area contributed by atoms with E-state index in [-0.39, 0.29) is 17.5 Å². The number of amides is 1. The monoisotopic (exact) mass is 380 g/mol. The second-order valence-electron chi connectivity index (χ2n) is 6.75. The minimum atomic E-state index is -0.508. The maximum Gasteiger partial charge on any atom is 0.254 e. The Bertz CT molecular complexity index is 971. The van der Waals surface area contributed by atoms with Crippen molar-refractivity contribution >= 4 is 11.7 Å². The van der Waals surface area contributed by atoms with Gasteiger partial charge in [0.05, 0.1) is 18.4 Å². The van der Waals surface area contributed by atoms with Crippen molar-refractivity contribution in [1.29, 1.82) is 0 Å². The van der Waals surface area contributed by atoms with Crippen LogP contribution in [0.15, 0.2) is 54.6 Å². The van der Waals surface area contributed by atoms with Gasteiger partial charge in [-0.25, -0.2) is 4.39 Å². The normalized spacial score (nSPS) is 16.2. The summed E-state index contributed by atoms with van der Waals surface area (Å²) in [7, 11) is 1.64. The molecule has 1 aromatic heterocycles. The number of nitrogens with zero attached hydrogens (tertiary/aromatic N) is 2. The summed E-state index contributed by atoms with van der Waals surface area (Å²) in [6, 6.07) is 15.7. The topological polar surface area (TPSA) is 70.2 Å². The van der Waals surface area contributed by atoms with Gasteiger partial charge >= 0.3 is 0 Å². The number of methoxy groups -OCH3 is 1. The molecule has 4 rings (SSSR count). The van der Waals surface area contributed by atoms with Gasteiger partial charge in [0, 0.05) is 25.2 Å². The van der Waals surface area contributed by atoms with Crippen LogP contribution in [0.5, 0.6) is 5.75 Å². The van der Waals surface area contributed by atoms with Gasteiger partial charge in [-0.3, -0.25) is 9.89 Å². The molecule has 6 nitrogen and oxygen atoms in total. The van der Waals surface area contributed by atoms with Crippen LogP contribution >= 0.6 is 0 Å². The maximum atomic E-state index is 13.8. The number of rotatable bonds is 5. The first kappa shape index (κ1) is 18.0. The third-order valence-electron chi connectivity index (χ3n) is 4.93. The summed E-state index contributed by atoms with van der Waals surface area (Å²) in [5.41, 5.74) is 2.00. The summed E-state index contributed by atoms with van der Waals surface area (Å²) < 4.78 is 19.0. The van der Waals surface area contributed by atoms with Gasteiger partial charge in [-0.2, -0.15) is 5.10 Å². The van der Waals surface area contributed by atoms with Crippen molar-refractivity contribution in [3.05, 3.63) is 66.0 Å². The zero-order valence-electron chi connectivity index (χ0n) is 15.5. The molecule has 0 saturated carbocycles. The Balaban J connectivity index is 1.40. The van der Waals surface area contributed by atoms with E-state index in [4.69, 9.17) is 4.74 Å². The fraction of sp³-hybridized carbons (Fsp3) is 0.238. The number of hydrogen-bond donors (Lipinski definition) is 2. The average molecular weight is 380 g/mol. The lowest BCUT2D eigenvalue weighted by Crippen LogP contribution is -2.37. The number of benzene rings is 2. The van der Waals surface area contributed by atoms with Crippen molar-refractivity contribution in [3.8, 4) is 17.0 Å². The Morgan fingerprint density at radius 3 is 2.79 bits per heavy atom. The number of H-pyrrole nitrogens is 1. The molecule has 1 aliphatic heterocycles. The molecule has 1 saturated heterocycles. The lowest BCUT2D eigenvalue weighted by atomic mass is 10.1. The van der Waals surface area contributed by atoms with Crippen LogP contribution in [0, 0.1) is 5.82 Å². The fourth-order valence-electron chi connectivity index (χ4n) is 3.39. The Labute approximate surface area is 162 Å². The lowest BCUT2D eigenvalue weighted by molar-refractivity contribution is 0.0936. The summed E-state index contributed by atoms with van der Waals surface area (Å²) >= 11 is 0. The molecule has 1 fully saturated rings. The lowest BCUT2D eigenvalue weighted by Gasteiger charge is -2.16. The predicted octanol–water partition coefficient (Wildman–Crippen LogP) is 3.23. The smallest absolute Gasteiger partial charge is 0.254 e. The third kappa shape index (κ3) is 3.69. The van der Waals surface area contributed by atoms with Gasteiger partial charge in [0.25, 0.3) is 5.91 Å². The Morgan fingerprint density at radius 1 is 1.25 bits per heavy atom. The van der Waals surface area contributed by atoms with Crippen molar-refractivity contribution < 1.29 is 13.9 Å². The van der Waals surface area contributed by atoms with Gasteiger partial charge in [-0.15, -0.1) is 0 Å². The number of aromatic amines is 1. The molecule has 144 valence electrons. The molecular weight excluding hydrogens is 359 g/mol. The highest BCUT2D eigenvalue weighted by Gasteiger charge is 2.26. The van der Waals surface area contributed by atoms with Crippen LogP contribution in [0.25, 0.3) is 11.3 Å². The molecule has 1 aliphatic rings. The van der Waals surface area contributed by atoms with Crippen molar-refractivity contribution in [2.75, 3.05) is 25.1 Å². The van der Waals surface area contributed by atoms with Crippen LogP contribution < -0.4 is 15.0 Å². The minimum absolute atomic E-state index is 0.0479. The first-order chi connectivity index (χ1) is 13.6. The summed E-state index contributed by atoms with van der Waals surface area (Å²) in [6.45, 7) is 1.40. The van der Waals surface area contributed by atoms with Crippen LogP contribution in [0.2, 0.25) is 0 Å². The molecule has 1 amide bonds. The zero-order valence-corrected chi connectivity index (χ0v) is 15.5. The highest BCUT2D eigenvalue weighted by atomic mass is 19.1. The van der Waals surface area contributed by atoms with Crippen molar-refractivity contribution in [3.63, 3.8) is 0 Å². The van der Waals surface area contributed by atoms with Crippen LogP contribution in [0.1, 0.15) is 16.8 Å². The third-order valence-corrected chi connectivity index (χ3v) is 4.93. The SMILES string of the molecule is COc1ccc(-c2cc(N3CC[C@H](NC(=O)c4ccccc4F)C3)n[nH]2)cc1. The van der Waals surface area contributed by atoms with E-state index < -0.39 is 5.82 Å². The van der Waals surface area contributed by atoms with Gasteiger partial charge in [0.15, 0.2) is 5.82 Å². The summed E-state index contributed by atoms with van der Waals surface area (Å²) in [5.74, 6) is 0.738. The molecule has 1 atom stereocenters. The Hall–Kier alpha value is -3.35. The molecular formula is C21H21FN4O2. The molecule has 0 unspecified atom stereocenters. The summed E-state index contributed by atoms with van der Waals surface area (Å²) in [6.07, 6.45) is 0.783. The second kappa shape index (κ2) is 7.72. The highest BCUT2D eigenvalue weighted by molar-refractivity contribution is 5.94. The number of carbonyl (C=O) groups is 1. The standard InChI is InChI=1S/C21H21FN4O2/c1-28-16-8-6-14(7-9-16)19-12-20(25-24-19)26-11-10-15(13-26)23-21(27)17-4-2-3-5-18(17)22/h2-9,12,15H,10-11,13H2,1H3,(H,23,27)(H,24,25)/t15-/m0/s1. The summed E-state index contributed by atoms with van der Waals surface area (Å²) in [5, 5.41) is 10.4. The van der Waals surface area contributed by atoms with E-state index in [0.717, 1.165) is 35.8 Å². The van der Waals surface area contributed by atoms with Crippen LogP contribution in [-0.4, -0.2) is 42.3 Å². The maximum absolute atomic E-state index is 13.8. The number of hydrogen-bond acceptors (Lipinski definition) is 4. The molecule has 0 bridgehead atoms. The van der Waals surface area contributed by atoms with Gasteiger partial charge in [0.1, 0.15) is 11.6 Å². The van der Waals surface area contributed by atoms with Gasteiger partial charge in [0.2, 0.25) is 0 Å². The molecule has 0 radical (unpaired) electrons. The van der Waals surface area contributed by atoms with E-state index in [9.17, 15) is 9.18 Å². The van der Waals surface area contributed by atoms with Crippen molar-refractivity contribution in [1.82, 2.24) is 15.5 Å². The Morgan fingerprint density at radius 2 is 2.04 bits per heavy atom. The molecule has 28 heavy (non-hydrogen) atoms. The van der Waals surface area contributed by atoms with E-state index in [1.807, 2.05) is 30.3 Å². The van der Waals surface area contributed by atoms with Gasteiger partial charge < -0.3 is 15.0 Å². The number of carbonyl (C=O) groups excluding carboxylic acids is 1. The van der Waals surface area contributed by atoms with E-state index in [1.165, 1.54) is 12.1 Å². The fourth-order valence-corrected chi connectivity index (χ4v) is 3.39. The molecule has 2 heterocycles. The second-order valence-corrected chi connectivity index (χ2v) is 6.75. The zero-order chi connectivity index (χ0) is 19.5. The van der Waals surface area contributed by atoms with E-state index in [0.29, 0.717) is 6.54 Å². The average Bonchev–Trinajstić information content (AvgIpc) is 3.38. The van der Waals surface area contributed by atoms with E-state index in [2.05, 4.69) is 20.4 Å². The van der Waals surface area contributed by atoms with Crippen molar-refractivity contribution in [2.24, 2.45) is 0 Å². The molecule has 0 spiro atoms. The minimum Gasteiger partial charge on any atom is -0.497 e. The summed E-state index contributed by atoms with van der Waals surface area (Å²) in [4.78, 5) is 14.4. The number of aromatic nitrogens is 2. The molecule has 3 aromatic rings.